The molecular formula is C11H10Cl2N4O. The van der Waals surface area contributed by atoms with Gasteiger partial charge in [0.25, 0.3) is 5.91 Å². The normalized spacial score (nSPS) is 10.3. The van der Waals surface area contributed by atoms with E-state index in [1.54, 1.807) is 12.3 Å². The lowest BCUT2D eigenvalue weighted by Gasteiger charge is -2.07. The Hall–Kier alpha value is -1.72. The third-order valence-electron chi connectivity index (χ3n) is 2.34. The van der Waals surface area contributed by atoms with Crippen molar-refractivity contribution in [1.29, 1.82) is 0 Å². The van der Waals surface area contributed by atoms with Gasteiger partial charge in [-0.1, -0.05) is 23.2 Å². The fourth-order valence-corrected chi connectivity index (χ4v) is 1.86. The molecule has 1 aromatic heterocycles. The Bertz CT molecular complexity index is 545. The van der Waals surface area contributed by atoms with Crippen LogP contribution >= 0.6 is 23.2 Å². The number of aromatic nitrogens is 2. The average molecular weight is 285 g/mol. The Balaban J connectivity index is 2.09. The molecule has 2 rings (SSSR count). The Morgan fingerprint density at radius 3 is 2.61 bits per heavy atom. The van der Waals surface area contributed by atoms with E-state index in [4.69, 9.17) is 28.9 Å². The summed E-state index contributed by atoms with van der Waals surface area (Å²) in [6.07, 6.45) is 1.61. The number of nitrogens with zero attached hydrogens (tertiary/aromatic N) is 1. The van der Waals surface area contributed by atoms with Gasteiger partial charge in [0, 0.05) is 11.8 Å². The number of nitrogen functional groups attached to an aromatic ring is 1. The van der Waals surface area contributed by atoms with Crippen molar-refractivity contribution in [3.63, 3.8) is 0 Å². The summed E-state index contributed by atoms with van der Waals surface area (Å²) in [5, 5.41) is 9.74. The van der Waals surface area contributed by atoms with E-state index in [-0.39, 0.29) is 21.6 Å². The van der Waals surface area contributed by atoms with Crippen molar-refractivity contribution < 1.29 is 4.79 Å². The first-order valence-corrected chi connectivity index (χ1v) is 5.84. The summed E-state index contributed by atoms with van der Waals surface area (Å²) >= 11 is 11.7. The van der Waals surface area contributed by atoms with Gasteiger partial charge in [-0.25, -0.2) is 0 Å². The molecule has 0 unspecified atom stereocenters. The van der Waals surface area contributed by atoms with Gasteiger partial charge in [0.05, 0.1) is 28.0 Å². The summed E-state index contributed by atoms with van der Waals surface area (Å²) in [6, 6.07) is 4.72. The largest absolute Gasteiger partial charge is 0.396 e. The highest BCUT2D eigenvalue weighted by Gasteiger charge is 2.11. The molecule has 0 aliphatic carbocycles. The molecular weight excluding hydrogens is 275 g/mol. The van der Waals surface area contributed by atoms with Gasteiger partial charge in [-0.2, -0.15) is 5.10 Å². The van der Waals surface area contributed by atoms with Crippen molar-refractivity contribution in [3.05, 3.63) is 45.7 Å². The minimum absolute atomic E-state index is 0.259. The van der Waals surface area contributed by atoms with Crippen molar-refractivity contribution in [2.75, 3.05) is 5.73 Å². The van der Waals surface area contributed by atoms with Crippen LogP contribution in [0.1, 0.15) is 16.1 Å². The fraction of sp³-hybridized carbons (Fsp3) is 0.0909. The molecule has 0 fully saturated rings. The molecule has 4 N–H and O–H groups in total. The van der Waals surface area contributed by atoms with Crippen LogP contribution in [0.25, 0.3) is 0 Å². The first-order valence-electron chi connectivity index (χ1n) is 5.09. The standard InChI is InChI=1S/C11H10Cl2N4O/c12-8-3-6(4-9(13)10(8)14)11(18)15-5-7-1-2-16-17-7/h1-4H,5,14H2,(H,15,18)(H,16,17). The van der Waals surface area contributed by atoms with Crippen molar-refractivity contribution in [2.45, 2.75) is 6.54 Å². The van der Waals surface area contributed by atoms with Crippen molar-refractivity contribution in [1.82, 2.24) is 15.5 Å². The van der Waals surface area contributed by atoms with Gasteiger partial charge in [0.2, 0.25) is 0 Å². The van der Waals surface area contributed by atoms with Gasteiger partial charge in [0.15, 0.2) is 0 Å². The van der Waals surface area contributed by atoms with E-state index in [0.717, 1.165) is 5.69 Å². The van der Waals surface area contributed by atoms with Crippen LogP contribution in [0.2, 0.25) is 10.0 Å². The highest BCUT2D eigenvalue weighted by molar-refractivity contribution is 6.39. The van der Waals surface area contributed by atoms with E-state index in [1.165, 1.54) is 12.1 Å². The van der Waals surface area contributed by atoms with Gasteiger partial charge in [-0.3, -0.25) is 9.89 Å². The number of hydrogen-bond donors (Lipinski definition) is 3. The molecule has 5 nitrogen and oxygen atoms in total. The highest BCUT2D eigenvalue weighted by Crippen LogP contribution is 2.28. The predicted octanol–water partition coefficient (Wildman–Crippen LogP) is 2.23. The third kappa shape index (κ3) is 2.75. The Kier molecular flexibility index (Phi) is 3.74. The van der Waals surface area contributed by atoms with Crippen LogP contribution in [0, 0.1) is 0 Å². The van der Waals surface area contributed by atoms with Gasteiger partial charge in [-0.15, -0.1) is 0 Å². The quantitative estimate of drug-likeness (QED) is 0.756. The summed E-state index contributed by atoms with van der Waals surface area (Å²) in [4.78, 5) is 11.9. The van der Waals surface area contributed by atoms with Crippen molar-refractivity contribution in [2.24, 2.45) is 0 Å². The number of amides is 1. The maximum atomic E-state index is 11.9. The topological polar surface area (TPSA) is 83.8 Å². The summed E-state index contributed by atoms with van der Waals surface area (Å²) in [5.74, 6) is -0.284. The lowest BCUT2D eigenvalue weighted by molar-refractivity contribution is 0.0950. The first kappa shape index (κ1) is 12.7. The highest BCUT2D eigenvalue weighted by atomic mass is 35.5. The molecule has 0 aliphatic heterocycles. The second-order valence-corrected chi connectivity index (χ2v) is 4.43. The zero-order valence-electron chi connectivity index (χ0n) is 9.21. The van der Waals surface area contributed by atoms with Crippen LogP contribution in [0.5, 0.6) is 0 Å². The number of H-pyrrole nitrogens is 1. The van der Waals surface area contributed by atoms with Gasteiger partial charge in [-0.05, 0) is 18.2 Å². The van der Waals surface area contributed by atoms with Gasteiger partial charge >= 0.3 is 0 Å². The smallest absolute Gasteiger partial charge is 0.251 e. The summed E-state index contributed by atoms with van der Waals surface area (Å²) in [7, 11) is 0. The molecule has 18 heavy (non-hydrogen) atoms. The molecule has 0 atom stereocenters. The number of carbonyl (C=O) groups excluding carboxylic acids is 1. The van der Waals surface area contributed by atoms with Crippen molar-refractivity contribution in [3.8, 4) is 0 Å². The van der Waals surface area contributed by atoms with Gasteiger partial charge < -0.3 is 11.1 Å². The molecule has 7 heteroatoms. The molecule has 0 radical (unpaired) electrons. The second kappa shape index (κ2) is 5.29. The van der Waals surface area contributed by atoms with E-state index in [9.17, 15) is 4.79 Å². The van der Waals surface area contributed by atoms with Crippen LogP contribution < -0.4 is 11.1 Å². The Labute approximate surface area is 113 Å². The number of rotatable bonds is 3. The molecule has 2 aromatic rings. The number of nitrogens with one attached hydrogen (secondary N) is 2. The summed E-state index contributed by atoms with van der Waals surface area (Å²) in [6.45, 7) is 0.346. The minimum Gasteiger partial charge on any atom is -0.396 e. The maximum Gasteiger partial charge on any atom is 0.251 e. The van der Waals surface area contributed by atoms with Crippen molar-refractivity contribution >= 4 is 34.8 Å². The Morgan fingerprint density at radius 2 is 2.06 bits per heavy atom. The molecule has 0 saturated carbocycles. The van der Waals surface area contributed by atoms with Crippen LogP contribution in [-0.4, -0.2) is 16.1 Å². The first-order chi connectivity index (χ1) is 8.58. The number of hydrogen-bond acceptors (Lipinski definition) is 3. The number of anilines is 1. The van der Waals surface area contributed by atoms with Crippen LogP contribution in [-0.2, 0) is 6.54 Å². The van der Waals surface area contributed by atoms with E-state index in [0.29, 0.717) is 12.1 Å². The monoisotopic (exact) mass is 284 g/mol. The van der Waals surface area contributed by atoms with Crippen LogP contribution in [0.4, 0.5) is 5.69 Å². The minimum atomic E-state index is -0.284. The zero-order valence-corrected chi connectivity index (χ0v) is 10.7. The maximum absolute atomic E-state index is 11.9. The molecule has 1 amide bonds. The molecule has 0 aliphatic rings. The lowest BCUT2D eigenvalue weighted by atomic mass is 10.2. The zero-order chi connectivity index (χ0) is 13.1. The summed E-state index contributed by atoms with van der Waals surface area (Å²) in [5.41, 5.74) is 7.02. The SMILES string of the molecule is Nc1c(Cl)cc(C(=O)NCc2ccn[nH]2)cc1Cl. The van der Waals surface area contributed by atoms with E-state index >= 15 is 0 Å². The van der Waals surface area contributed by atoms with Crippen LogP contribution in [0.15, 0.2) is 24.4 Å². The molecule has 94 valence electrons. The number of nitrogens with two attached hydrogens (primary N) is 1. The second-order valence-electron chi connectivity index (χ2n) is 3.62. The molecule has 1 heterocycles. The predicted molar refractivity (Wildman–Crippen MR) is 70.6 cm³/mol. The molecule has 1 aromatic carbocycles. The van der Waals surface area contributed by atoms with Gasteiger partial charge in [0.1, 0.15) is 0 Å². The number of halogens is 2. The number of carbonyl (C=O) groups is 1. The third-order valence-corrected chi connectivity index (χ3v) is 2.96. The number of benzene rings is 1. The van der Waals surface area contributed by atoms with E-state index in [1.807, 2.05) is 0 Å². The van der Waals surface area contributed by atoms with E-state index in [2.05, 4.69) is 15.5 Å². The number of aromatic amines is 1. The fourth-order valence-electron chi connectivity index (χ4n) is 1.38. The Morgan fingerprint density at radius 1 is 1.39 bits per heavy atom. The lowest BCUT2D eigenvalue weighted by Crippen LogP contribution is -2.23. The summed E-state index contributed by atoms with van der Waals surface area (Å²) < 4.78 is 0. The van der Waals surface area contributed by atoms with Crippen LogP contribution in [0.3, 0.4) is 0 Å². The molecule has 0 bridgehead atoms. The molecule has 0 saturated heterocycles. The molecule has 0 spiro atoms. The average Bonchev–Trinajstić information content (AvgIpc) is 2.85. The van der Waals surface area contributed by atoms with E-state index < -0.39 is 0 Å².